The summed E-state index contributed by atoms with van der Waals surface area (Å²) in [5.41, 5.74) is 3.16. The fourth-order valence-corrected chi connectivity index (χ4v) is 3.20. The molecule has 2 atom stereocenters. The number of carbonyl (C=O) groups is 1. The van der Waals surface area contributed by atoms with E-state index < -0.39 is 0 Å². The Balaban J connectivity index is 1.71. The number of hydrogen-bond donors (Lipinski definition) is 2. The topological polar surface area (TPSA) is 89.0 Å². The first-order chi connectivity index (χ1) is 11.5. The molecule has 3 rings (SSSR count). The molecule has 0 bridgehead atoms. The van der Waals surface area contributed by atoms with Gasteiger partial charge in [0.1, 0.15) is 5.69 Å². The van der Waals surface area contributed by atoms with Crippen molar-refractivity contribution >= 4 is 5.91 Å². The minimum absolute atomic E-state index is 0.0688. The van der Waals surface area contributed by atoms with Crippen LogP contribution in [-0.2, 0) is 24.6 Å². The lowest BCUT2D eigenvalue weighted by molar-refractivity contribution is -0.00709. The van der Waals surface area contributed by atoms with Crippen molar-refractivity contribution < 1.29 is 9.53 Å². The Labute approximate surface area is 140 Å². The molecular formula is C17H22N4O3. The average Bonchev–Trinajstić information content (AvgIpc) is 2.84. The molecule has 0 saturated heterocycles. The maximum Gasteiger partial charge on any atom is 0.269 e. The van der Waals surface area contributed by atoms with Crippen molar-refractivity contribution in [3.8, 4) is 0 Å². The lowest BCUT2D eigenvalue weighted by Gasteiger charge is -2.24. The predicted octanol–water partition coefficient (Wildman–Crippen LogP) is 1.10. The second-order valence-corrected chi connectivity index (χ2v) is 6.20. The fraction of sp³-hybridized carbons (Fsp3) is 0.471. The Hall–Kier alpha value is -2.41. The lowest BCUT2D eigenvalue weighted by atomic mass is 9.99. The van der Waals surface area contributed by atoms with Crippen LogP contribution in [0.1, 0.15) is 47.3 Å². The van der Waals surface area contributed by atoms with Crippen LogP contribution >= 0.6 is 0 Å². The SMILES string of the molecule is C[C@@H]1Cc2c(nn(C)c2C(=O)NCCc2cc[nH]c(=O)c2)[C@H](C)O1. The van der Waals surface area contributed by atoms with Crippen molar-refractivity contribution in [2.45, 2.75) is 38.9 Å². The van der Waals surface area contributed by atoms with Gasteiger partial charge >= 0.3 is 0 Å². The summed E-state index contributed by atoms with van der Waals surface area (Å²) in [5.74, 6) is -0.141. The number of carbonyl (C=O) groups excluding carboxylic acids is 1. The summed E-state index contributed by atoms with van der Waals surface area (Å²) in [6.07, 6.45) is 2.86. The van der Waals surface area contributed by atoms with Crippen LogP contribution in [0.3, 0.4) is 0 Å². The average molecular weight is 330 g/mol. The molecule has 0 spiro atoms. The highest BCUT2D eigenvalue weighted by molar-refractivity contribution is 5.94. The first-order valence-electron chi connectivity index (χ1n) is 8.12. The molecule has 24 heavy (non-hydrogen) atoms. The van der Waals surface area contributed by atoms with E-state index in [0.717, 1.165) is 16.8 Å². The van der Waals surface area contributed by atoms with E-state index in [0.29, 0.717) is 25.1 Å². The second-order valence-electron chi connectivity index (χ2n) is 6.20. The van der Waals surface area contributed by atoms with Gasteiger partial charge in [-0.2, -0.15) is 5.10 Å². The van der Waals surface area contributed by atoms with Crippen molar-refractivity contribution in [2.75, 3.05) is 6.54 Å². The second kappa shape index (κ2) is 6.60. The molecule has 1 aliphatic heterocycles. The summed E-state index contributed by atoms with van der Waals surface area (Å²) in [5, 5.41) is 7.37. The van der Waals surface area contributed by atoms with Crippen molar-refractivity contribution in [1.82, 2.24) is 20.1 Å². The molecule has 7 nitrogen and oxygen atoms in total. The third-order valence-electron chi connectivity index (χ3n) is 4.24. The zero-order valence-corrected chi connectivity index (χ0v) is 14.1. The number of fused-ring (bicyclic) bond motifs is 1. The number of nitrogens with zero attached hydrogens (tertiary/aromatic N) is 2. The number of nitrogens with one attached hydrogen (secondary N) is 2. The largest absolute Gasteiger partial charge is 0.369 e. The molecule has 2 aromatic rings. The van der Waals surface area contributed by atoms with Crippen LogP contribution in [0.5, 0.6) is 0 Å². The quantitative estimate of drug-likeness (QED) is 0.879. The van der Waals surface area contributed by atoms with Gasteiger partial charge in [-0.1, -0.05) is 0 Å². The van der Waals surface area contributed by atoms with Crippen molar-refractivity contribution in [3.63, 3.8) is 0 Å². The molecule has 0 aliphatic carbocycles. The fourth-order valence-electron chi connectivity index (χ4n) is 3.20. The minimum Gasteiger partial charge on any atom is -0.369 e. The highest BCUT2D eigenvalue weighted by Crippen LogP contribution is 2.30. The summed E-state index contributed by atoms with van der Waals surface area (Å²) in [6, 6.07) is 3.37. The monoisotopic (exact) mass is 330 g/mol. The van der Waals surface area contributed by atoms with Gasteiger partial charge in [0.05, 0.1) is 17.9 Å². The molecule has 0 saturated carbocycles. The van der Waals surface area contributed by atoms with Gasteiger partial charge in [-0.05, 0) is 31.9 Å². The predicted molar refractivity (Wildman–Crippen MR) is 89.0 cm³/mol. The summed E-state index contributed by atoms with van der Waals surface area (Å²) in [7, 11) is 1.78. The number of H-pyrrole nitrogens is 1. The van der Waals surface area contributed by atoms with Gasteiger partial charge in [0.2, 0.25) is 5.56 Å². The highest BCUT2D eigenvalue weighted by atomic mass is 16.5. The van der Waals surface area contributed by atoms with Crippen molar-refractivity contribution in [2.24, 2.45) is 7.05 Å². The Morgan fingerprint density at radius 3 is 3.04 bits per heavy atom. The first kappa shape index (κ1) is 16.4. The maximum absolute atomic E-state index is 12.6. The van der Waals surface area contributed by atoms with Crippen LogP contribution in [0.15, 0.2) is 23.1 Å². The van der Waals surface area contributed by atoms with E-state index in [9.17, 15) is 9.59 Å². The van der Waals surface area contributed by atoms with E-state index in [1.165, 1.54) is 0 Å². The normalized spacial score (nSPS) is 19.8. The van der Waals surface area contributed by atoms with E-state index in [-0.39, 0.29) is 23.7 Å². The molecule has 2 N–H and O–H groups in total. The summed E-state index contributed by atoms with van der Waals surface area (Å²) in [6.45, 7) is 4.42. The van der Waals surface area contributed by atoms with E-state index in [2.05, 4.69) is 15.4 Å². The number of amides is 1. The number of rotatable bonds is 4. The lowest BCUT2D eigenvalue weighted by Crippen LogP contribution is -2.30. The minimum atomic E-state index is -0.141. The summed E-state index contributed by atoms with van der Waals surface area (Å²) < 4.78 is 7.40. The molecule has 1 aliphatic rings. The summed E-state index contributed by atoms with van der Waals surface area (Å²) >= 11 is 0. The molecule has 0 unspecified atom stereocenters. The standard InChI is InChI=1S/C17H22N4O3/c1-10-8-13-15(11(2)24-10)20-21(3)16(13)17(23)19-7-5-12-4-6-18-14(22)9-12/h4,6,9-11H,5,7-8H2,1-3H3,(H,18,22)(H,19,23)/t10-,11+/m1/s1. The molecule has 7 heteroatoms. The number of pyridine rings is 1. The number of aromatic amines is 1. The van der Waals surface area contributed by atoms with Gasteiger partial charge in [-0.15, -0.1) is 0 Å². The van der Waals surface area contributed by atoms with Crippen LogP contribution in [0.25, 0.3) is 0 Å². The van der Waals surface area contributed by atoms with Crippen LogP contribution in [-0.4, -0.2) is 33.3 Å². The number of aryl methyl sites for hydroxylation is 1. The molecule has 2 aromatic heterocycles. The van der Waals surface area contributed by atoms with Gasteiger partial charge in [0.15, 0.2) is 0 Å². The van der Waals surface area contributed by atoms with Crippen molar-refractivity contribution in [3.05, 3.63) is 51.2 Å². The van der Waals surface area contributed by atoms with Crippen LogP contribution in [0.4, 0.5) is 0 Å². The molecule has 0 fully saturated rings. The van der Waals surface area contributed by atoms with Gasteiger partial charge in [-0.3, -0.25) is 14.3 Å². The van der Waals surface area contributed by atoms with Gasteiger partial charge in [-0.25, -0.2) is 0 Å². The van der Waals surface area contributed by atoms with E-state index in [4.69, 9.17) is 4.74 Å². The van der Waals surface area contributed by atoms with Crippen molar-refractivity contribution in [1.29, 1.82) is 0 Å². The maximum atomic E-state index is 12.6. The van der Waals surface area contributed by atoms with Gasteiger partial charge in [0, 0.05) is 37.8 Å². The van der Waals surface area contributed by atoms with E-state index in [1.807, 2.05) is 19.9 Å². The summed E-state index contributed by atoms with van der Waals surface area (Å²) in [4.78, 5) is 26.4. The van der Waals surface area contributed by atoms with Gasteiger partial charge < -0.3 is 15.0 Å². The number of ether oxygens (including phenoxy) is 1. The highest BCUT2D eigenvalue weighted by Gasteiger charge is 2.31. The van der Waals surface area contributed by atoms with E-state index >= 15 is 0 Å². The molecule has 128 valence electrons. The Morgan fingerprint density at radius 1 is 1.50 bits per heavy atom. The zero-order chi connectivity index (χ0) is 17.3. The molecular weight excluding hydrogens is 308 g/mol. The third kappa shape index (κ3) is 3.26. The number of hydrogen-bond acceptors (Lipinski definition) is 4. The molecule has 0 aromatic carbocycles. The Kier molecular flexibility index (Phi) is 4.53. The van der Waals surface area contributed by atoms with Crippen LogP contribution < -0.4 is 10.9 Å². The molecule has 0 radical (unpaired) electrons. The van der Waals surface area contributed by atoms with Crippen LogP contribution in [0, 0.1) is 0 Å². The smallest absolute Gasteiger partial charge is 0.269 e. The number of aromatic nitrogens is 3. The molecule has 1 amide bonds. The third-order valence-corrected chi connectivity index (χ3v) is 4.24. The molecule has 3 heterocycles. The Bertz CT molecular complexity index is 808. The van der Waals surface area contributed by atoms with E-state index in [1.54, 1.807) is 24.0 Å². The first-order valence-corrected chi connectivity index (χ1v) is 8.12. The van der Waals surface area contributed by atoms with Gasteiger partial charge in [0.25, 0.3) is 5.91 Å². The zero-order valence-electron chi connectivity index (χ0n) is 14.1. The van der Waals surface area contributed by atoms with Crippen LogP contribution in [0.2, 0.25) is 0 Å². The Morgan fingerprint density at radius 2 is 2.29 bits per heavy atom.